The number of aliphatic carboxylic acids is 1. The minimum Gasteiger partial charge on any atom is -0.480 e. The lowest BCUT2D eigenvalue weighted by molar-refractivity contribution is -0.150. The molecule has 1 aromatic carbocycles. The van der Waals surface area contributed by atoms with E-state index in [0.717, 1.165) is 24.8 Å². The molecule has 1 saturated heterocycles. The zero-order valence-electron chi connectivity index (χ0n) is 15.5. The number of benzene rings is 1. The van der Waals surface area contributed by atoms with Gasteiger partial charge in [-0.2, -0.15) is 0 Å². The lowest BCUT2D eigenvalue weighted by Gasteiger charge is -2.28. The van der Waals surface area contributed by atoms with Gasteiger partial charge in [0.2, 0.25) is 5.91 Å². The number of hydrogen-bond acceptors (Lipinski definition) is 4. The number of ether oxygens (including phenoxy) is 1. The van der Waals surface area contributed by atoms with Crippen LogP contribution in [0.2, 0.25) is 0 Å². The number of carboxylic acids is 1. The van der Waals surface area contributed by atoms with Gasteiger partial charge < -0.3 is 20.1 Å². The molecule has 2 fully saturated rings. The van der Waals surface area contributed by atoms with E-state index >= 15 is 0 Å². The lowest BCUT2D eigenvalue weighted by Crippen LogP contribution is -2.52. The van der Waals surface area contributed by atoms with E-state index in [0.29, 0.717) is 13.0 Å². The Morgan fingerprint density at radius 3 is 2.67 bits per heavy atom. The van der Waals surface area contributed by atoms with Crippen LogP contribution in [0.5, 0.6) is 0 Å². The Hall–Kier alpha value is -2.57. The molecule has 0 radical (unpaired) electrons. The van der Waals surface area contributed by atoms with Gasteiger partial charge in [0.05, 0.1) is 0 Å². The number of nitrogens with zero attached hydrogens (tertiary/aromatic N) is 1. The highest BCUT2D eigenvalue weighted by molar-refractivity contribution is 5.90. The third kappa shape index (κ3) is 4.23. The van der Waals surface area contributed by atoms with Crippen LogP contribution >= 0.6 is 0 Å². The molecule has 2 amide bonds. The van der Waals surface area contributed by atoms with E-state index in [-0.39, 0.29) is 24.3 Å². The fourth-order valence-electron chi connectivity index (χ4n) is 4.29. The van der Waals surface area contributed by atoms with Crippen molar-refractivity contribution in [2.24, 2.45) is 11.8 Å². The van der Waals surface area contributed by atoms with Crippen molar-refractivity contribution in [3.05, 3.63) is 35.9 Å². The van der Waals surface area contributed by atoms with Crippen LogP contribution < -0.4 is 5.32 Å². The summed E-state index contributed by atoms with van der Waals surface area (Å²) in [5.74, 6) is -1.03. The number of carboxylic acid groups (broad SMARTS) is 1. The quantitative estimate of drug-likeness (QED) is 0.797. The van der Waals surface area contributed by atoms with Gasteiger partial charge in [0.15, 0.2) is 0 Å². The van der Waals surface area contributed by atoms with Crippen LogP contribution in [0.15, 0.2) is 30.3 Å². The summed E-state index contributed by atoms with van der Waals surface area (Å²) in [6, 6.07) is 7.69. The molecule has 146 valence electrons. The zero-order chi connectivity index (χ0) is 19.4. The van der Waals surface area contributed by atoms with Crippen molar-refractivity contribution in [2.75, 3.05) is 6.54 Å². The smallest absolute Gasteiger partial charge is 0.408 e. The first kappa shape index (κ1) is 19.2. The SMILES string of the molecule is CC[C@H](NC(=O)OCc1ccccc1)C(=O)N1C[C@@H]2CCC[C@@H]2[C@H]1C(=O)O. The number of hydrogen-bond donors (Lipinski definition) is 2. The summed E-state index contributed by atoms with van der Waals surface area (Å²) in [7, 11) is 0. The second kappa shape index (κ2) is 8.41. The predicted molar refractivity (Wildman–Crippen MR) is 97.8 cm³/mol. The van der Waals surface area contributed by atoms with Crippen LogP contribution in [0.25, 0.3) is 0 Å². The van der Waals surface area contributed by atoms with Crippen molar-refractivity contribution in [2.45, 2.75) is 51.3 Å². The molecule has 1 aromatic rings. The Morgan fingerprint density at radius 1 is 1.26 bits per heavy atom. The molecule has 2 N–H and O–H groups in total. The molecular weight excluding hydrogens is 348 g/mol. The topological polar surface area (TPSA) is 95.9 Å². The summed E-state index contributed by atoms with van der Waals surface area (Å²) in [5.41, 5.74) is 0.852. The molecule has 4 atom stereocenters. The third-order valence-electron chi connectivity index (χ3n) is 5.64. The molecule has 1 aliphatic heterocycles. The fraction of sp³-hybridized carbons (Fsp3) is 0.550. The molecule has 1 saturated carbocycles. The first-order chi connectivity index (χ1) is 13.0. The Labute approximate surface area is 158 Å². The number of rotatable bonds is 6. The van der Waals surface area contributed by atoms with E-state index in [1.807, 2.05) is 30.3 Å². The van der Waals surface area contributed by atoms with Crippen LogP contribution in [-0.2, 0) is 20.9 Å². The van der Waals surface area contributed by atoms with Crippen LogP contribution in [0.4, 0.5) is 4.79 Å². The number of carbonyl (C=O) groups excluding carboxylic acids is 2. The molecule has 1 aliphatic carbocycles. The Bertz CT molecular complexity index is 693. The van der Waals surface area contributed by atoms with Gasteiger partial charge in [-0.05, 0) is 36.7 Å². The Morgan fingerprint density at radius 2 is 2.00 bits per heavy atom. The summed E-state index contributed by atoms with van der Waals surface area (Å²) < 4.78 is 5.18. The molecule has 27 heavy (non-hydrogen) atoms. The number of alkyl carbamates (subject to hydrolysis) is 1. The van der Waals surface area contributed by atoms with Gasteiger partial charge in [0, 0.05) is 6.54 Å². The largest absolute Gasteiger partial charge is 0.480 e. The van der Waals surface area contributed by atoms with Crippen molar-refractivity contribution in [3.63, 3.8) is 0 Å². The van der Waals surface area contributed by atoms with Crippen molar-refractivity contribution >= 4 is 18.0 Å². The maximum Gasteiger partial charge on any atom is 0.408 e. The van der Waals surface area contributed by atoms with Crippen LogP contribution in [0, 0.1) is 11.8 Å². The van der Waals surface area contributed by atoms with E-state index in [1.165, 1.54) is 4.90 Å². The average Bonchev–Trinajstić information content (AvgIpc) is 3.25. The molecule has 0 unspecified atom stereocenters. The molecule has 0 spiro atoms. The number of fused-ring (bicyclic) bond motifs is 1. The van der Waals surface area contributed by atoms with Gasteiger partial charge >= 0.3 is 12.1 Å². The summed E-state index contributed by atoms with van der Waals surface area (Å²) in [4.78, 5) is 38.2. The van der Waals surface area contributed by atoms with E-state index in [9.17, 15) is 19.5 Å². The first-order valence-corrected chi connectivity index (χ1v) is 9.51. The molecule has 7 nitrogen and oxygen atoms in total. The van der Waals surface area contributed by atoms with Crippen LogP contribution in [0.3, 0.4) is 0 Å². The fourth-order valence-corrected chi connectivity index (χ4v) is 4.29. The molecule has 1 heterocycles. The molecular formula is C20H26N2O5. The molecule has 0 aromatic heterocycles. The summed E-state index contributed by atoms with van der Waals surface area (Å²) in [6.45, 7) is 2.35. The van der Waals surface area contributed by atoms with Gasteiger partial charge in [0.1, 0.15) is 18.7 Å². The minimum atomic E-state index is -0.959. The van der Waals surface area contributed by atoms with Crippen molar-refractivity contribution in [1.82, 2.24) is 10.2 Å². The highest BCUT2D eigenvalue weighted by Gasteiger charge is 2.50. The standard InChI is InChI=1S/C20H26N2O5/c1-2-16(21-20(26)27-12-13-7-4-3-5-8-13)18(23)22-11-14-9-6-10-15(14)17(22)19(24)25/h3-5,7-8,14-17H,2,6,9-12H2,1H3,(H,21,26)(H,24,25)/t14-,15-,16-,17-/m0/s1. The van der Waals surface area contributed by atoms with Gasteiger partial charge in [0.25, 0.3) is 0 Å². The summed E-state index contributed by atoms with van der Waals surface area (Å²) >= 11 is 0. The molecule has 2 aliphatic rings. The van der Waals surface area contributed by atoms with Gasteiger partial charge in [-0.1, -0.05) is 43.7 Å². The highest BCUT2D eigenvalue weighted by Crippen LogP contribution is 2.42. The van der Waals surface area contributed by atoms with Gasteiger partial charge in [-0.15, -0.1) is 0 Å². The van der Waals surface area contributed by atoms with Crippen LogP contribution in [0.1, 0.15) is 38.2 Å². The van der Waals surface area contributed by atoms with E-state index in [2.05, 4.69) is 5.32 Å². The molecule has 3 rings (SSSR count). The normalized spacial score (nSPS) is 24.9. The highest BCUT2D eigenvalue weighted by atomic mass is 16.5. The van der Waals surface area contributed by atoms with Crippen LogP contribution in [-0.4, -0.2) is 46.6 Å². The maximum atomic E-state index is 12.9. The number of amides is 2. The Kier molecular flexibility index (Phi) is 5.98. The monoisotopic (exact) mass is 374 g/mol. The van der Waals surface area contributed by atoms with Crippen molar-refractivity contribution < 1.29 is 24.2 Å². The van der Waals surface area contributed by atoms with E-state index < -0.39 is 24.1 Å². The average molecular weight is 374 g/mol. The number of nitrogens with one attached hydrogen (secondary N) is 1. The zero-order valence-corrected chi connectivity index (χ0v) is 15.5. The number of carbonyl (C=O) groups is 3. The second-order valence-corrected chi connectivity index (χ2v) is 7.30. The second-order valence-electron chi connectivity index (χ2n) is 7.30. The van der Waals surface area contributed by atoms with Crippen molar-refractivity contribution in [3.8, 4) is 0 Å². The predicted octanol–water partition coefficient (Wildman–Crippen LogP) is 2.40. The summed E-state index contributed by atoms with van der Waals surface area (Å²) in [5, 5.41) is 12.2. The van der Waals surface area contributed by atoms with Gasteiger partial charge in [-0.25, -0.2) is 9.59 Å². The van der Waals surface area contributed by atoms with E-state index in [4.69, 9.17) is 4.74 Å². The third-order valence-corrected chi connectivity index (χ3v) is 5.64. The lowest BCUT2D eigenvalue weighted by atomic mass is 9.94. The molecule has 7 heteroatoms. The minimum absolute atomic E-state index is 0.0222. The van der Waals surface area contributed by atoms with Crippen molar-refractivity contribution in [1.29, 1.82) is 0 Å². The maximum absolute atomic E-state index is 12.9. The number of likely N-dealkylation sites (tertiary alicyclic amines) is 1. The van der Waals surface area contributed by atoms with Gasteiger partial charge in [-0.3, -0.25) is 4.79 Å². The molecule has 0 bridgehead atoms. The van der Waals surface area contributed by atoms with E-state index in [1.54, 1.807) is 6.92 Å². The summed E-state index contributed by atoms with van der Waals surface area (Å²) in [6.07, 6.45) is 2.52. The Balaban J connectivity index is 1.60. The first-order valence-electron chi connectivity index (χ1n) is 9.51.